The Balaban J connectivity index is 1.76. The summed E-state index contributed by atoms with van der Waals surface area (Å²) in [6.07, 6.45) is 0.785. The second kappa shape index (κ2) is 5.23. The average Bonchev–Trinajstić information content (AvgIpc) is 3.22. The molecule has 3 aromatic heterocycles. The lowest BCUT2D eigenvalue weighted by atomic mass is 10.2. The maximum Gasteiger partial charge on any atom is 0.235 e. The molecule has 0 unspecified atom stereocenters. The zero-order valence-electron chi connectivity index (χ0n) is 11.7. The first-order valence-electron chi connectivity index (χ1n) is 6.82. The van der Waals surface area contributed by atoms with Crippen LogP contribution in [-0.4, -0.2) is 19.8 Å². The maximum absolute atomic E-state index is 6.20. The summed E-state index contributed by atoms with van der Waals surface area (Å²) in [5.74, 6) is 2.27. The largest absolute Gasteiger partial charge is 0.453 e. The van der Waals surface area contributed by atoms with Gasteiger partial charge >= 0.3 is 0 Å². The highest BCUT2D eigenvalue weighted by atomic mass is 35.5. The molecule has 0 aliphatic rings. The van der Waals surface area contributed by atoms with Gasteiger partial charge in [-0.15, -0.1) is 15.3 Å². The number of hydrogen-bond acceptors (Lipinski definition) is 5. The molecular formula is C15H11ClN4OS. The quantitative estimate of drug-likeness (QED) is 0.561. The smallest absolute Gasteiger partial charge is 0.235 e. The predicted octanol–water partition coefficient (Wildman–Crippen LogP) is 4.33. The Morgan fingerprint density at radius 2 is 1.95 bits per heavy atom. The Morgan fingerprint density at radius 3 is 2.77 bits per heavy atom. The molecule has 22 heavy (non-hydrogen) atoms. The lowest BCUT2D eigenvalue weighted by Crippen LogP contribution is -1.92. The van der Waals surface area contributed by atoms with Crippen molar-refractivity contribution in [3.05, 3.63) is 47.2 Å². The molecule has 4 rings (SSSR count). The molecule has 1 aromatic carbocycles. The van der Waals surface area contributed by atoms with Gasteiger partial charge in [-0.25, -0.2) is 0 Å². The van der Waals surface area contributed by atoms with E-state index in [9.17, 15) is 0 Å². The van der Waals surface area contributed by atoms with Gasteiger partial charge in [0, 0.05) is 12.0 Å². The zero-order chi connectivity index (χ0) is 15.1. The van der Waals surface area contributed by atoms with Crippen molar-refractivity contribution < 1.29 is 4.42 Å². The van der Waals surface area contributed by atoms with Gasteiger partial charge in [-0.2, -0.15) is 4.52 Å². The number of aryl methyl sites for hydroxylation is 1. The van der Waals surface area contributed by atoms with E-state index in [-0.39, 0.29) is 0 Å². The van der Waals surface area contributed by atoms with Crippen LogP contribution in [0.25, 0.3) is 27.1 Å². The second-order valence-corrected chi connectivity index (χ2v) is 6.08. The summed E-state index contributed by atoms with van der Waals surface area (Å²) in [6, 6.07) is 11.4. The van der Waals surface area contributed by atoms with E-state index in [0.29, 0.717) is 10.8 Å². The molecule has 5 nitrogen and oxygen atoms in total. The Morgan fingerprint density at radius 1 is 1.14 bits per heavy atom. The van der Waals surface area contributed by atoms with Crippen molar-refractivity contribution in [2.24, 2.45) is 0 Å². The first-order valence-corrected chi connectivity index (χ1v) is 8.02. The van der Waals surface area contributed by atoms with Crippen LogP contribution < -0.4 is 0 Å². The number of halogens is 1. The average molecular weight is 331 g/mol. The molecule has 3 heterocycles. The number of fused-ring (bicyclic) bond motifs is 1. The van der Waals surface area contributed by atoms with Crippen LogP contribution in [0.2, 0.25) is 5.02 Å². The Labute approximate surface area is 135 Å². The fourth-order valence-electron chi connectivity index (χ4n) is 2.24. The summed E-state index contributed by atoms with van der Waals surface area (Å²) in [4.78, 5) is 0.766. The number of aromatic nitrogens is 4. The first kappa shape index (κ1) is 13.5. The Kier molecular flexibility index (Phi) is 3.20. The molecular weight excluding hydrogens is 320 g/mol. The molecule has 7 heteroatoms. The molecule has 0 aliphatic heterocycles. The third kappa shape index (κ3) is 2.12. The van der Waals surface area contributed by atoms with Gasteiger partial charge < -0.3 is 4.42 Å². The number of rotatable bonds is 3. The second-order valence-electron chi connectivity index (χ2n) is 4.72. The maximum atomic E-state index is 6.20. The predicted molar refractivity (Wildman–Crippen MR) is 86.2 cm³/mol. The molecule has 0 N–H and O–H groups in total. The molecule has 0 radical (unpaired) electrons. The normalized spacial score (nSPS) is 11.4. The van der Waals surface area contributed by atoms with E-state index >= 15 is 0 Å². The molecule has 110 valence electrons. The Bertz CT molecular complexity index is 955. The number of furan rings is 1. The van der Waals surface area contributed by atoms with E-state index in [1.54, 1.807) is 4.52 Å². The number of benzene rings is 1. The van der Waals surface area contributed by atoms with Crippen molar-refractivity contribution in [1.29, 1.82) is 0 Å². The molecule has 0 amide bonds. The van der Waals surface area contributed by atoms with Crippen LogP contribution in [0.5, 0.6) is 0 Å². The monoisotopic (exact) mass is 330 g/mol. The summed E-state index contributed by atoms with van der Waals surface area (Å²) in [7, 11) is 0. The highest BCUT2D eigenvalue weighted by molar-refractivity contribution is 7.19. The molecule has 0 saturated carbocycles. The van der Waals surface area contributed by atoms with E-state index in [0.717, 1.165) is 33.5 Å². The summed E-state index contributed by atoms with van der Waals surface area (Å²) in [5, 5.41) is 14.2. The zero-order valence-corrected chi connectivity index (χ0v) is 13.2. The van der Waals surface area contributed by atoms with Crippen molar-refractivity contribution in [1.82, 2.24) is 19.8 Å². The Hall–Kier alpha value is -2.18. The van der Waals surface area contributed by atoms with Gasteiger partial charge in [0.05, 0.1) is 5.02 Å². The minimum Gasteiger partial charge on any atom is -0.453 e. The fraction of sp³-hybridized carbons (Fsp3) is 0.133. The summed E-state index contributed by atoms with van der Waals surface area (Å²) in [6.45, 7) is 2.03. The summed E-state index contributed by atoms with van der Waals surface area (Å²) in [5.41, 5.74) is 0.868. The fourth-order valence-corrected chi connectivity index (χ4v) is 3.29. The van der Waals surface area contributed by atoms with E-state index in [2.05, 4.69) is 15.3 Å². The van der Waals surface area contributed by atoms with Crippen LogP contribution in [0.3, 0.4) is 0 Å². The van der Waals surface area contributed by atoms with Gasteiger partial charge in [-0.05, 0) is 24.3 Å². The lowest BCUT2D eigenvalue weighted by Gasteiger charge is -1.99. The topological polar surface area (TPSA) is 56.2 Å². The van der Waals surface area contributed by atoms with Crippen molar-refractivity contribution >= 4 is 27.9 Å². The number of nitrogens with zero attached hydrogens (tertiary/aromatic N) is 4. The molecule has 0 bridgehead atoms. The minimum atomic E-state index is 0.662. The molecule has 0 aliphatic carbocycles. The van der Waals surface area contributed by atoms with Gasteiger partial charge in [0.25, 0.3) is 0 Å². The van der Waals surface area contributed by atoms with Gasteiger partial charge in [0.2, 0.25) is 4.96 Å². The third-order valence-corrected chi connectivity index (χ3v) is 4.57. The highest BCUT2D eigenvalue weighted by Crippen LogP contribution is 2.34. The van der Waals surface area contributed by atoms with Crippen LogP contribution >= 0.6 is 22.9 Å². The molecule has 0 saturated heterocycles. The van der Waals surface area contributed by atoms with Crippen LogP contribution in [0.15, 0.2) is 40.8 Å². The van der Waals surface area contributed by atoms with Gasteiger partial charge in [-0.3, -0.25) is 0 Å². The standard InChI is InChI=1S/C15H11ClN4OS/c1-2-13-17-18-15-20(13)19-14(22-15)12-8-7-11(21-12)9-5-3-4-6-10(9)16/h3-8H,2H2,1H3. The van der Waals surface area contributed by atoms with Crippen molar-refractivity contribution in [3.8, 4) is 22.1 Å². The van der Waals surface area contributed by atoms with Crippen LogP contribution in [-0.2, 0) is 6.42 Å². The molecule has 0 spiro atoms. The van der Waals surface area contributed by atoms with Gasteiger partial charge in [0.15, 0.2) is 16.6 Å². The lowest BCUT2D eigenvalue weighted by molar-refractivity contribution is 0.595. The SMILES string of the molecule is CCc1nnc2sc(-c3ccc(-c4ccccc4Cl)o3)nn12. The van der Waals surface area contributed by atoms with Crippen molar-refractivity contribution in [3.63, 3.8) is 0 Å². The van der Waals surface area contributed by atoms with Crippen LogP contribution in [0.1, 0.15) is 12.7 Å². The molecule has 0 atom stereocenters. The van der Waals surface area contributed by atoms with Crippen molar-refractivity contribution in [2.45, 2.75) is 13.3 Å². The third-order valence-electron chi connectivity index (χ3n) is 3.33. The van der Waals surface area contributed by atoms with Crippen molar-refractivity contribution in [2.75, 3.05) is 0 Å². The highest BCUT2D eigenvalue weighted by Gasteiger charge is 2.15. The molecule has 4 aromatic rings. The minimum absolute atomic E-state index is 0.662. The summed E-state index contributed by atoms with van der Waals surface area (Å²) >= 11 is 7.66. The number of hydrogen-bond donors (Lipinski definition) is 0. The van der Waals surface area contributed by atoms with E-state index in [4.69, 9.17) is 16.0 Å². The van der Waals surface area contributed by atoms with Crippen LogP contribution in [0.4, 0.5) is 0 Å². The van der Waals surface area contributed by atoms with Gasteiger partial charge in [0.1, 0.15) is 5.76 Å². The molecule has 0 fully saturated rings. The van der Waals surface area contributed by atoms with E-state index < -0.39 is 0 Å². The van der Waals surface area contributed by atoms with E-state index in [1.807, 2.05) is 43.3 Å². The van der Waals surface area contributed by atoms with Gasteiger partial charge in [-0.1, -0.05) is 42.0 Å². The summed E-state index contributed by atoms with van der Waals surface area (Å²) < 4.78 is 7.67. The van der Waals surface area contributed by atoms with E-state index in [1.165, 1.54) is 11.3 Å². The first-order chi connectivity index (χ1) is 10.8. The van der Waals surface area contributed by atoms with Crippen LogP contribution in [0, 0.1) is 0 Å².